The predicted octanol–water partition coefficient (Wildman–Crippen LogP) is 0.733. The van der Waals surface area contributed by atoms with Crippen molar-refractivity contribution >= 4 is 6.29 Å². The van der Waals surface area contributed by atoms with Crippen LogP contribution in [0.3, 0.4) is 0 Å². The second-order valence-corrected chi connectivity index (χ2v) is 3.17. The van der Waals surface area contributed by atoms with Crippen molar-refractivity contribution in [3.63, 3.8) is 0 Å². The van der Waals surface area contributed by atoms with Crippen LogP contribution in [0.4, 0.5) is 0 Å². The number of carbonyl (C=O) groups is 1. The summed E-state index contributed by atoms with van der Waals surface area (Å²) < 4.78 is 0. The van der Waals surface area contributed by atoms with Crippen LogP contribution >= 0.6 is 0 Å². The van der Waals surface area contributed by atoms with Gasteiger partial charge in [-0.3, -0.25) is 0 Å². The van der Waals surface area contributed by atoms with E-state index in [4.69, 9.17) is 5.11 Å². The average Bonchev–Trinajstić information content (AvgIpc) is 2.05. The van der Waals surface area contributed by atoms with Crippen molar-refractivity contribution < 1.29 is 15.0 Å². The lowest BCUT2D eigenvalue weighted by atomic mass is 9.94. The van der Waals surface area contributed by atoms with Gasteiger partial charge in [0.1, 0.15) is 6.29 Å². The Bertz CT molecular complexity index is 123. The van der Waals surface area contributed by atoms with Crippen LogP contribution in [0, 0.1) is 5.92 Å². The normalized spacial score (nSPS) is 18.3. The van der Waals surface area contributed by atoms with E-state index in [1.54, 1.807) is 0 Å². The third-order valence-electron chi connectivity index (χ3n) is 2.00. The summed E-state index contributed by atoms with van der Waals surface area (Å²) >= 11 is 0. The minimum atomic E-state index is -0.908. The number of hydrogen-bond donors (Lipinski definition) is 2. The van der Waals surface area contributed by atoms with Crippen molar-refractivity contribution in [2.75, 3.05) is 0 Å². The molecule has 0 heterocycles. The zero-order valence-corrected chi connectivity index (χ0v) is 7.73. The summed E-state index contributed by atoms with van der Waals surface area (Å²) in [7, 11) is 0. The van der Waals surface area contributed by atoms with Crippen molar-refractivity contribution in [3.8, 4) is 0 Å². The number of unbranched alkanes of at least 4 members (excludes halogenated alkanes) is 1. The van der Waals surface area contributed by atoms with Crippen LogP contribution in [0.5, 0.6) is 0 Å². The molecule has 0 rings (SSSR count). The molecule has 0 aliphatic carbocycles. The number of rotatable bonds is 6. The maximum absolute atomic E-state index is 10.5. The fourth-order valence-corrected chi connectivity index (χ4v) is 1.12. The molecular formula is C9H18O3. The molecule has 0 aromatic rings. The summed E-state index contributed by atoms with van der Waals surface area (Å²) in [6.45, 7) is 3.52. The fraction of sp³-hybridized carbons (Fsp3) is 0.889. The molecule has 0 aromatic heterocycles. The van der Waals surface area contributed by atoms with Gasteiger partial charge in [-0.05, 0) is 13.3 Å². The summed E-state index contributed by atoms with van der Waals surface area (Å²) in [6, 6.07) is 0. The van der Waals surface area contributed by atoms with Gasteiger partial charge in [0.05, 0.1) is 12.2 Å². The van der Waals surface area contributed by atoms with E-state index in [9.17, 15) is 9.90 Å². The number of aldehydes is 1. The highest BCUT2D eigenvalue weighted by atomic mass is 16.3. The first-order valence-electron chi connectivity index (χ1n) is 4.44. The Balaban J connectivity index is 3.87. The van der Waals surface area contributed by atoms with Crippen LogP contribution in [-0.2, 0) is 4.79 Å². The molecule has 2 N–H and O–H groups in total. The molecule has 0 spiro atoms. The van der Waals surface area contributed by atoms with Crippen LogP contribution in [0.2, 0.25) is 0 Å². The second-order valence-electron chi connectivity index (χ2n) is 3.17. The SMILES string of the molecule is CCCCC(C=O)C(O)C(C)O. The van der Waals surface area contributed by atoms with Crippen molar-refractivity contribution in [2.24, 2.45) is 5.92 Å². The number of aliphatic hydroxyl groups excluding tert-OH is 2. The summed E-state index contributed by atoms with van der Waals surface area (Å²) in [5.74, 6) is -0.412. The molecule has 72 valence electrons. The standard InChI is InChI=1S/C9H18O3/c1-3-4-5-8(6-10)9(12)7(2)11/h6-9,11-12H,3-5H2,1-2H3. The molecule has 0 radical (unpaired) electrons. The molecule has 0 fully saturated rings. The minimum absolute atomic E-state index is 0.412. The Morgan fingerprint density at radius 1 is 1.42 bits per heavy atom. The molecule has 3 atom stereocenters. The summed E-state index contributed by atoms with van der Waals surface area (Å²) in [5.41, 5.74) is 0. The molecule has 0 aliphatic rings. The zero-order chi connectivity index (χ0) is 9.56. The highest BCUT2D eigenvalue weighted by molar-refractivity contribution is 5.54. The first kappa shape index (κ1) is 11.6. The molecule has 3 unspecified atom stereocenters. The third-order valence-corrected chi connectivity index (χ3v) is 2.00. The van der Waals surface area contributed by atoms with Crippen LogP contribution in [0.25, 0.3) is 0 Å². The van der Waals surface area contributed by atoms with Crippen LogP contribution in [0.15, 0.2) is 0 Å². The number of hydrogen-bond acceptors (Lipinski definition) is 3. The minimum Gasteiger partial charge on any atom is -0.391 e. The van der Waals surface area contributed by atoms with Gasteiger partial charge in [0.25, 0.3) is 0 Å². The largest absolute Gasteiger partial charge is 0.391 e. The summed E-state index contributed by atoms with van der Waals surface area (Å²) in [6.07, 6.45) is 1.56. The van der Waals surface area contributed by atoms with E-state index in [1.807, 2.05) is 6.92 Å². The van der Waals surface area contributed by atoms with Crippen molar-refractivity contribution in [3.05, 3.63) is 0 Å². The van der Waals surface area contributed by atoms with E-state index < -0.39 is 18.1 Å². The first-order valence-corrected chi connectivity index (χ1v) is 4.44. The zero-order valence-electron chi connectivity index (χ0n) is 7.73. The van der Waals surface area contributed by atoms with Crippen LogP contribution < -0.4 is 0 Å². The maximum Gasteiger partial charge on any atom is 0.125 e. The van der Waals surface area contributed by atoms with E-state index in [0.717, 1.165) is 19.1 Å². The molecule has 0 amide bonds. The molecule has 0 saturated heterocycles. The Morgan fingerprint density at radius 2 is 2.00 bits per heavy atom. The van der Waals surface area contributed by atoms with E-state index in [2.05, 4.69) is 0 Å². The van der Waals surface area contributed by atoms with Gasteiger partial charge in [-0.15, -0.1) is 0 Å². The molecule has 0 aliphatic heterocycles. The Labute approximate surface area is 73.4 Å². The summed E-state index contributed by atoms with van der Waals surface area (Å²) in [5, 5.41) is 18.3. The molecule has 0 aromatic carbocycles. The molecular weight excluding hydrogens is 156 g/mol. The highest BCUT2D eigenvalue weighted by Crippen LogP contribution is 2.13. The van der Waals surface area contributed by atoms with Gasteiger partial charge < -0.3 is 15.0 Å². The van der Waals surface area contributed by atoms with E-state index in [0.29, 0.717) is 6.42 Å². The van der Waals surface area contributed by atoms with Gasteiger partial charge in [0.15, 0.2) is 0 Å². The van der Waals surface area contributed by atoms with E-state index in [-0.39, 0.29) is 0 Å². The second kappa shape index (κ2) is 6.14. The van der Waals surface area contributed by atoms with Crippen LogP contribution in [0.1, 0.15) is 33.1 Å². The third kappa shape index (κ3) is 3.83. The predicted molar refractivity (Wildman–Crippen MR) is 46.8 cm³/mol. The lowest BCUT2D eigenvalue weighted by molar-refractivity contribution is -0.117. The fourth-order valence-electron chi connectivity index (χ4n) is 1.12. The smallest absolute Gasteiger partial charge is 0.125 e. The van der Waals surface area contributed by atoms with Crippen molar-refractivity contribution in [1.82, 2.24) is 0 Å². The molecule has 0 saturated carbocycles. The van der Waals surface area contributed by atoms with Crippen molar-refractivity contribution in [1.29, 1.82) is 0 Å². The van der Waals surface area contributed by atoms with Gasteiger partial charge in [-0.2, -0.15) is 0 Å². The van der Waals surface area contributed by atoms with Crippen LogP contribution in [-0.4, -0.2) is 28.7 Å². The topological polar surface area (TPSA) is 57.5 Å². The first-order chi connectivity index (χ1) is 5.63. The van der Waals surface area contributed by atoms with Gasteiger partial charge in [0.2, 0.25) is 0 Å². The van der Waals surface area contributed by atoms with Gasteiger partial charge in [-0.25, -0.2) is 0 Å². The van der Waals surface area contributed by atoms with Crippen molar-refractivity contribution in [2.45, 2.75) is 45.3 Å². The summed E-state index contributed by atoms with van der Waals surface area (Å²) in [4.78, 5) is 10.5. The monoisotopic (exact) mass is 174 g/mol. The maximum atomic E-state index is 10.5. The Morgan fingerprint density at radius 3 is 2.33 bits per heavy atom. The quantitative estimate of drug-likeness (QED) is 0.584. The molecule has 3 nitrogen and oxygen atoms in total. The van der Waals surface area contributed by atoms with Gasteiger partial charge in [-0.1, -0.05) is 19.8 Å². The van der Waals surface area contributed by atoms with Gasteiger partial charge in [0, 0.05) is 5.92 Å². The highest BCUT2D eigenvalue weighted by Gasteiger charge is 2.21. The molecule has 12 heavy (non-hydrogen) atoms. The lowest BCUT2D eigenvalue weighted by Gasteiger charge is -2.19. The molecule has 3 heteroatoms. The van der Waals surface area contributed by atoms with E-state index >= 15 is 0 Å². The van der Waals surface area contributed by atoms with Gasteiger partial charge >= 0.3 is 0 Å². The average molecular weight is 174 g/mol. The Hall–Kier alpha value is -0.410. The lowest BCUT2D eigenvalue weighted by Crippen LogP contribution is -2.32. The number of carbonyl (C=O) groups excluding carboxylic acids is 1. The Kier molecular flexibility index (Phi) is 5.93. The molecule has 0 bridgehead atoms. The van der Waals surface area contributed by atoms with E-state index in [1.165, 1.54) is 6.92 Å². The number of aliphatic hydroxyl groups is 2.